The minimum absolute atomic E-state index is 0.357. The minimum atomic E-state index is -0.945. The molecular formula is C19H22O3. The Morgan fingerprint density at radius 3 is 2.41 bits per heavy atom. The van der Waals surface area contributed by atoms with Crippen molar-refractivity contribution in [3.8, 4) is 5.75 Å². The molecule has 0 aliphatic heterocycles. The summed E-state index contributed by atoms with van der Waals surface area (Å²) in [6.45, 7) is 8.05. The van der Waals surface area contributed by atoms with Crippen LogP contribution in [0.5, 0.6) is 5.75 Å². The molecule has 116 valence electrons. The van der Waals surface area contributed by atoms with Gasteiger partial charge in [0, 0.05) is 6.42 Å². The first kappa shape index (κ1) is 16.1. The average molecular weight is 298 g/mol. The summed E-state index contributed by atoms with van der Waals surface area (Å²) in [5.74, 6) is -0.347. The van der Waals surface area contributed by atoms with Crippen molar-refractivity contribution in [2.24, 2.45) is 0 Å². The average Bonchev–Trinajstić information content (AvgIpc) is 2.46. The van der Waals surface area contributed by atoms with Gasteiger partial charge >= 0.3 is 5.97 Å². The van der Waals surface area contributed by atoms with Crippen molar-refractivity contribution in [1.29, 1.82) is 0 Å². The lowest BCUT2D eigenvalue weighted by molar-refractivity contribution is -0.145. The summed E-state index contributed by atoms with van der Waals surface area (Å²) in [5, 5.41) is 9.45. The standard InChI is InChI=1S/C19H22O3/c1-12-8-9-17(10-14(12)3)22-18(19(20)21)11-16-7-5-6-13(2)15(16)4/h5-10,18H,11H2,1-4H3,(H,20,21)/t18-/m1/s1. The molecule has 0 bridgehead atoms. The van der Waals surface area contributed by atoms with Crippen molar-refractivity contribution in [2.75, 3.05) is 0 Å². The van der Waals surface area contributed by atoms with Gasteiger partial charge in [0.05, 0.1) is 0 Å². The highest BCUT2D eigenvalue weighted by atomic mass is 16.5. The van der Waals surface area contributed by atoms with E-state index in [1.807, 2.05) is 64.1 Å². The molecule has 22 heavy (non-hydrogen) atoms. The van der Waals surface area contributed by atoms with Gasteiger partial charge in [-0.15, -0.1) is 0 Å². The van der Waals surface area contributed by atoms with Gasteiger partial charge in [-0.1, -0.05) is 24.3 Å². The van der Waals surface area contributed by atoms with E-state index in [0.29, 0.717) is 12.2 Å². The van der Waals surface area contributed by atoms with Crippen LogP contribution >= 0.6 is 0 Å². The molecule has 0 unspecified atom stereocenters. The highest BCUT2D eigenvalue weighted by Crippen LogP contribution is 2.21. The second-order valence-electron chi connectivity index (χ2n) is 5.75. The summed E-state index contributed by atoms with van der Waals surface area (Å²) in [4.78, 5) is 11.5. The molecule has 2 aromatic rings. The largest absolute Gasteiger partial charge is 0.478 e. The molecule has 3 nitrogen and oxygen atoms in total. The molecule has 0 spiro atoms. The van der Waals surface area contributed by atoms with Crippen LogP contribution in [-0.4, -0.2) is 17.2 Å². The molecule has 0 aliphatic carbocycles. The van der Waals surface area contributed by atoms with Crippen LogP contribution in [0.1, 0.15) is 27.8 Å². The van der Waals surface area contributed by atoms with E-state index in [0.717, 1.165) is 27.8 Å². The number of ether oxygens (including phenoxy) is 1. The third kappa shape index (κ3) is 3.67. The topological polar surface area (TPSA) is 46.5 Å². The fraction of sp³-hybridized carbons (Fsp3) is 0.316. The third-order valence-electron chi connectivity index (χ3n) is 4.15. The van der Waals surface area contributed by atoms with E-state index in [9.17, 15) is 9.90 Å². The Labute approximate surface area is 131 Å². The van der Waals surface area contributed by atoms with Gasteiger partial charge in [-0.2, -0.15) is 0 Å². The van der Waals surface area contributed by atoms with Crippen molar-refractivity contribution >= 4 is 5.97 Å². The molecule has 0 fully saturated rings. The Bertz CT molecular complexity index is 689. The van der Waals surface area contributed by atoms with E-state index >= 15 is 0 Å². The van der Waals surface area contributed by atoms with Gasteiger partial charge in [-0.3, -0.25) is 0 Å². The zero-order chi connectivity index (χ0) is 16.3. The molecule has 2 aromatic carbocycles. The van der Waals surface area contributed by atoms with Gasteiger partial charge in [0.25, 0.3) is 0 Å². The molecule has 1 atom stereocenters. The highest BCUT2D eigenvalue weighted by molar-refractivity contribution is 5.73. The van der Waals surface area contributed by atoms with Gasteiger partial charge in [0.1, 0.15) is 5.75 Å². The van der Waals surface area contributed by atoms with Gasteiger partial charge in [0.15, 0.2) is 6.10 Å². The Morgan fingerprint density at radius 1 is 1.05 bits per heavy atom. The SMILES string of the molecule is Cc1ccc(O[C@H](Cc2cccc(C)c2C)C(=O)O)cc1C. The summed E-state index contributed by atoms with van der Waals surface area (Å²) in [7, 11) is 0. The predicted molar refractivity (Wildman–Crippen MR) is 87.6 cm³/mol. The van der Waals surface area contributed by atoms with E-state index in [1.54, 1.807) is 0 Å². The van der Waals surface area contributed by atoms with Gasteiger partial charge in [-0.25, -0.2) is 4.79 Å². The summed E-state index contributed by atoms with van der Waals surface area (Å²) in [6, 6.07) is 11.6. The van der Waals surface area contributed by atoms with Crippen molar-refractivity contribution in [2.45, 2.75) is 40.2 Å². The number of carbonyl (C=O) groups is 1. The van der Waals surface area contributed by atoms with Gasteiger partial charge < -0.3 is 9.84 Å². The van der Waals surface area contributed by atoms with Crippen LogP contribution in [-0.2, 0) is 11.2 Å². The number of hydrogen-bond acceptors (Lipinski definition) is 2. The van der Waals surface area contributed by atoms with Crippen molar-refractivity contribution in [3.05, 3.63) is 64.2 Å². The van der Waals surface area contributed by atoms with Crippen molar-refractivity contribution < 1.29 is 14.6 Å². The number of carboxylic acids is 1. The van der Waals surface area contributed by atoms with Crippen LogP contribution in [0.25, 0.3) is 0 Å². The van der Waals surface area contributed by atoms with Crippen LogP contribution in [0.4, 0.5) is 0 Å². The molecule has 0 aromatic heterocycles. The molecule has 0 saturated carbocycles. The molecule has 1 N–H and O–H groups in total. The second-order valence-corrected chi connectivity index (χ2v) is 5.75. The van der Waals surface area contributed by atoms with E-state index in [1.165, 1.54) is 0 Å². The van der Waals surface area contributed by atoms with Gasteiger partial charge in [-0.05, 0) is 67.6 Å². The lowest BCUT2D eigenvalue weighted by Gasteiger charge is -2.18. The summed E-state index contributed by atoms with van der Waals surface area (Å²) in [6.07, 6.45) is -0.530. The van der Waals surface area contributed by atoms with Crippen molar-refractivity contribution in [3.63, 3.8) is 0 Å². The van der Waals surface area contributed by atoms with Crippen LogP contribution in [0.2, 0.25) is 0 Å². The number of aryl methyl sites for hydroxylation is 3. The maximum atomic E-state index is 11.5. The first-order valence-corrected chi connectivity index (χ1v) is 7.40. The molecular weight excluding hydrogens is 276 g/mol. The number of aliphatic carboxylic acids is 1. The Morgan fingerprint density at radius 2 is 1.77 bits per heavy atom. The third-order valence-corrected chi connectivity index (χ3v) is 4.15. The smallest absolute Gasteiger partial charge is 0.345 e. The van der Waals surface area contributed by atoms with Crippen LogP contribution in [0.3, 0.4) is 0 Å². The molecule has 0 saturated heterocycles. The zero-order valence-corrected chi connectivity index (χ0v) is 13.5. The predicted octanol–water partition coefficient (Wildman–Crippen LogP) is 3.99. The number of benzene rings is 2. The Hall–Kier alpha value is -2.29. The molecule has 0 heterocycles. The van der Waals surface area contributed by atoms with E-state index in [2.05, 4.69) is 0 Å². The van der Waals surface area contributed by atoms with Crippen LogP contribution in [0, 0.1) is 27.7 Å². The van der Waals surface area contributed by atoms with E-state index < -0.39 is 12.1 Å². The van der Waals surface area contributed by atoms with Crippen LogP contribution < -0.4 is 4.74 Å². The first-order chi connectivity index (χ1) is 10.4. The van der Waals surface area contributed by atoms with Crippen molar-refractivity contribution in [1.82, 2.24) is 0 Å². The zero-order valence-electron chi connectivity index (χ0n) is 13.5. The normalized spacial score (nSPS) is 12.0. The molecule has 0 amide bonds. The van der Waals surface area contributed by atoms with E-state index in [4.69, 9.17) is 4.74 Å². The fourth-order valence-corrected chi connectivity index (χ4v) is 2.36. The maximum absolute atomic E-state index is 11.5. The number of hydrogen-bond donors (Lipinski definition) is 1. The quantitative estimate of drug-likeness (QED) is 0.907. The lowest BCUT2D eigenvalue weighted by Crippen LogP contribution is -2.29. The fourth-order valence-electron chi connectivity index (χ4n) is 2.36. The Balaban J connectivity index is 2.21. The summed E-state index contributed by atoms with van der Waals surface area (Å²) >= 11 is 0. The molecule has 0 radical (unpaired) electrons. The first-order valence-electron chi connectivity index (χ1n) is 7.40. The molecule has 2 rings (SSSR count). The number of carboxylic acid groups (broad SMARTS) is 1. The molecule has 3 heteroatoms. The summed E-state index contributed by atoms with van der Waals surface area (Å²) in [5.41, 5.74) is 5.55. The minimum Gasteiger partial charge on any atom is -0.478 e. The maximum Gasteiger partial charge on any atom is 0.345 e. The van der Waals surface area contributed by atoms with Gasteiger partial charge in [0.2, 0.25) is 0 Å². The van der Waals surface area contributed by atoms with E-state index in [-0.39, 0.29) is 0 Å². The molecule has 0 aliphatic rings. The van der Waals surface area contributed by atoms with Crippen LogP contribution in [0.15, 0.2) is 36.4 Å². The Kier molecular flexibility index (Phi) is 4.86. The monoisotopic (exact) mass is 298 g/mol. The summed E-state index contributed by atoms with van der Waals surface area (Å²) < 4.78 is 5.71. The second kappa shape index (κ2) is 6.65. The lowest BCUT2D eigenvalue weighted by atomic mass is 9.98. The number of rotatable bonds is 5. The highest BCUT2D eigenvalue weighted by Gasteiger charge is 2.21.